The zero-order chi connectivity index (χ0) is 30.9. The highest BCUT2D eigenvalue weighted by molar-refractivity contribution is 5.89. The van der Waals surface area contributed by atoms with Gasteiger partial charge in [-0.3, -0.25) is 9.63 Å². The maximum absolute atomic E-state index is 12.6. The lowest BCUT2D eigenvalue weighted by molar-refractivity contribution is -0.888. The Morgan fingerprint density at radius 3 is 1.95 bits per heavy atom. The number of carbonyl (C=O) groups is 3. The number of hydrogen-bond acceptors (Lipinski definition) is 8. The van der Waals surface area contributed by atoms with E-state index in [0.29, 0.717) is 13.0 Å². The molecule has 0 radical (unpaired) electrons. The molecule has 0 spiro atoms. The number of rotatable bonds is 12. The Morgan fingerprint density at radius 1 is 1.07 bits per heavy atom. The van der Waals surface area contributed by atoms with E-state index in [2.05, 4.69) is 61.0 Å². The maximum atomic E-state index is 12.6. The van der Waals surface area contributed by atoms with Crippen LogP contribution in [-0.2, 0) is 9.63 Å². The SMILES string of the molecule is CCC1(C)CC(O)C(C)C(C)(CC)N1OC(C)C(=O)NCCC[N+](C)(C)CC.O=C([O-])c1ccc(C(=O)[O-])cc1.[Br-]. The monoisotopic (exact) mass is 643 g/mol. The molecule has 0 aromatic heterocycles. The average Bonchev–Trinajstić information content (AvgIpc) is 2.92. The van der Waals surface area contributed by atoms with E-state index in [1.165, 1.54) is 0 Å². The number of benzene rings is 1. The summed E-state index contributed by atoms with van der Waals surface area (Å²) in [5.41, 5.74) is -0.729. The zero-order valence-electron chi connectivity index (χ0n) is 26.2. The number of aliphatic hydroxyl groups excluding tert-OH is 1. The van der Waals surface area contributed by atoms with Crippen molar-refractivity contribution in [1.29, 1.82) is 0 Å². The van der Waals surface area contributed by atoms with Gasteiger partial charge in [0, 0.05) is 30.0 Å². The highest BCUT2D eigenvalue weighted by Gasteiger charge is 2.54. The number of quaternary nitrogens is 1. The lowest BCUT2D eigenvalue weighted by Gasteiger charge is -2.58. The second kappa shape index (κ2) is 16.6. The topological polar surface area (TPSA) is 142 Å². The summed E-state index contributed by atoms with van der Waals surface area (Å²) >= 11 is 0. The van der Waals surface area contributed by atoms with E-state index in [1.54, 1.807) is 0 Å². The molecular weight excluding hydrogens is 594 g/mol. The number of carbonyl (C=O) groups excluding carboxylic acids is 3. The van der Waals surface area contributed by atoms with Crippen LogP contribution in [0.4, 0.5) is 0 Å². The minimum absolute atomic E-state index is 0. The molecular formula is C30H50BrN3O7-2. The van der Waals surface area contributed by atoms with Crippen LogP contribution in [0.5, 0.6) is 0 Å². The van der Waals surface area contributed by atoms with E-state index < -0.39 is 18.0 Å². The maximum Gasteiger partial charge on any atom is 0.250 e. The summed E-state index contributed by atoms with van der Waals surface area (Å²) in [5.74, 6) is -2.67. The Kier molecular flexibility index (Phi) is 15.7. The van der Waals surface area contributed by atoms with E-state index in [4.69, 9.17) is 4.84 Å². The van der Waals surface area contributed by atoms with Crippen LogP contribution < -0.4 is 32.5 Å². The molecule has 0 aliphatic carbocycles. The van der Waals surface area contributed by atoms with E-state index in [9.17, 15) is 29.7 Å². The van der Waals surface area contributed by atoms with Crippen molar-refractivity contribution in [1.82, 2.24) is 10.4 Å². The van der Waals surface area contributed by atoms with Crippen LogP contribution >= 0.6 is 0 Å². The van der Waals surface area contributed by atoms with Gasteiger partial charge in [0.2, 0.25) is 0 Å². The van der Waals surface area contributed by atoms with Crippen molar-refractivity contribution >= 4 is 17.8 Å². The Balaban J connectivity index is 0.00000103. The van der Waals surface area contributed by atoms with Gasteiger partial charge < -0.3 is 51.7 Å². The normalized spacial score (nSPS) is 25.2. The van der Waals surface area contributed by atoms with Crippen LogP contribution in [0.15, 0.2) is 24.3 Å². The number of piperidine rings is 1. The van der Waals surface area contributed by atoms with Crippen molar-refractivity contribution in [3.05, 3.63) is 35.4 Å². The molecule has 1 fully saturated rings. The van der Waals surface area contributed by atoms with Gasteiger partial charge in [0.1, 0.15) is 0 Å². The molecule has 1 aliphatic rings. The van der Waals surface area contributed by atoms with Crippen LogP contribution in [0.2, 0.25) is 0 Å². The highest BCUT2D eigenvalue weighted by atomic mass is 79.9. The number of aliphatic hydroxyl groups is 1. The largest absolute Gasteiger partial charge is 1.00 e. The predicted molar refractivity (Wildman–Crippen MR) is 150 cm³/mol. The van der Waals surface area contributed by atoms with Crippen molar-refractivity contribution in [2.45, 2.75) is 97.4 Å². The summed E-state index contributed by atoms with van der Waals surface area (Å²) in [6.45, 7) is 17.4. The lowest BCUT2D eigenvalue weighted by atomic mass is 9.69. The van der Waals surface area contributed by atoms with Gasteiger partial charge in [-0.25, -0.2) is 0 Å². The minimum atomic E-state index is -1.33. The molecule has 0 bridgehead atoms. The number of carboxylic acid groups (broad SMARTS) is 2. The van der Waals surface area contributed by atoms with E-state index >= 15 is 0 Å². The second-order valence-electron chi connectivity index (χ2n) is 11.9. The third kappa shape index (κ3) is 10.6. The number of halogens is 1. The summed E-state index contributed by atoms with van der Waals surface area (Å²) in [7, 11) is 4.41. The molecule has 10 nitrogen and oxygen atoms in total. The summed E-state index contributed by atoms with van der Waals surface area (Å²) < 4.78 is 0.958. The molecule has 5 unspecified atom stereocenters. The fourth-order valence-electron chi connectivity index (χ4n) is 4.90. The molecule has 2 N–H and O–H groups in total. The van der Waals surface area contributed by atoms with Gasteiger partial charge in [0.05, 0.1) is 45.2 Å². The van der Waals surface area contributed by atoms with Gasteiger partial charge in [-0.15, -0.1) is 0 Å². The van der Waals surface area contributed by atoms with Gasteiger partial charge >= 0.3 is 0 Å². The van der Waals surface area contributed by atoms with E-state index in [0.717, 1.165) is 61.1 Å². The highest BCUT2D eigenvalue weighted by Crippen LogP contribution is 2.46. The number of carboxylic acids is 2. The van der Waals surface area contributed by atoms with Gasteiger partial charge in [0.15, 0.2) is 6.10 Å². The Morgan fingerprint density at radius 2 is 1.56 bits per heavy atom. The molecule has 11 heteroatoms. The van der Waals surface area contributed by atoms with Crippen molar-refractivity contribution < 1.29 is 56.0 Å². The Hall–Kier alpha value is -2.05. The number of nitrogens with one attached hydrogen (secondary N) is 1. The molecule has 0 saturated carbocycles. The summed E-state index contributed by atoms with van der Waals surface area (Å²) in [5, 5.41) is 36.1. The summed E-state index contributed by atoms with van der Waals surface area (Å²) in [6.07, 6.45) is 2.38. The first kappa shape index (κ1) is 39.0. The van der Waals surface area contributed by atoms with Crippen LogP contribution in [0.3, 0.4) is 0 Å². The van der Waals surface area contributed by atoms with Gasteiger partial charge in [-0.05, 0) is 58.1 Å². The number of hydrogen-bond donors (Lipinski definition) is 2. The van der Waals surface area contributed by atoms with Crippen LogP contribution in [-0.4, -0.2) is 89.5 Å². The average molecular weight is 645 g/mol. The number of aromatic carboxylic acids is 2. The molecule has 1 saturated heterocycles. The minimum Gasteiger partial charge on any atom is -1.00 e. The van der Waals surface area contributed by atoms with Crippen molar-refractivity contribution in [3.8, 4) is 0 Å². The fourth-order valence-corrected chi connectivity index (χ4v) is 4.90. The molecule has 1 aromatic rings. The third-order valence-corrected chi connectivity index (χ3v) is 8.72. The second-order valence-corrected chi connectivity index (χ2v) is 11.9. The van der Waals surface area contributed by atoms with Crippen LogP contribution in [0, 0.1) is 5.92 Å². The first-order chi connectivity index (χ1) is 18.5. The van der Waals surface area contributed by atoms with Crippen molar-refractivity contribution in [2.24, 2.45) is 5.92 Å². The number of amides is 1. The van der Waals surface area contributed by atoms with Gasteiger partial charge in [-0.1, -0.05) is 45.0 Å². The molecule has 1 aromatic carbocycles. The molecule has 5 atom stereocenters. The lowest BCUT2D eigenvalue weighted by Crippen LogP contribution is -3.00. The zero-order valence-corrected chi connectivity index (χ0v) is 27.7. The molecule has 1 amide bonds. The molecule has 1 aliphatic heterocycles. The first-order valence-corrected chi connectivity index (χ1v) is 14.3. The number of hydroxylamine groups is 2. The van der Waals surface area contributed by atoms with E-state index in [-0.39, 0.29) is 57.1 Å². The summed E-state index contributed by atoms with van der Waals surface area (Å²) in [6, 6.07) is 4.61. The standard InChI is InChI=1S/C22H45N3O3.C8H6O4.BrH/c1-10-21(6)16-19(26)17(4)22(7,11-2)24(21)28-18(5)20(27)23-14-13-15-25(8,9)12-3;9-7(10)5-1-2-6(4-3-5)8(11)12;/h17-19,26H,10-16H2,1-9H3;1-4H,(H,9,10)(H,11,12);1H/p-2. The van der Waals surface area contributed by atoms with Gasteiger partial charge in [-0.2, -0.15) is 5.06 Å². The Bertz CT molecular complexity index is 958. The molecule has 1 heterocycles. The van der Waals surface area contributed by atoms with Gasteiger partial charge in [0.25, 0.3) is 5.91 Å². The molecule has 41 heavy (non-hydrogen) atoms. The first-order valence-electron chi connectivity index (χ1n) is 14.3. The smallest absolute Gasteiger partial charge is 0.250 e. The third-order valence-electron chi connectivity index (χ3n) is 8.72. The summed E-state index contributed by atoms with van der Waals surface area (Å²) in [4.78, 5) is 39.4. The van der Waals surface area contributed by atoms with Crippen LogP contribution in [0.25, 0.3) is 0 Å². The quantitative estimate of drug-likeness (QED) is 0.204. The Labute approximate surface area is 256 Å². The van der Waals surface area contributed by atoms with E-state index in [1.807, 2.05) is 12.0 Å². The number of nitrogens with zero attached hydrogens (tertiary/aromatic N) is 2. The van der Waals surface area contributed by atoms with Crippen LogP contribution in [0.1, 0.15) is 94.9 Å². The van der Waals surface area contributed by atoms with Crippen molar-refractivity contribution in [2.75, 3.05) is 33.7 Å². The van der Waals surface area contributed by atoms with Crippen molar-refractivity contribution in [3.63, 3.8) is 0 Å². The predicted octanol–water partition coefficient (Wildman–Crippen LogP) is -1.63. The fraction of sp³-hybridized carbons (Fsp3) is 0.700. The molecule has 236 valence electrons. The molecule has 2 rings (SSSR count).